The van der Waals surface area contributed by atoms with Crippen molar-refractivity contribution in [1.82, 2.24) is 8.61 Å². The monoisotopic (exact) mass is 400 g/mol. The van der Waals surface area contributed by atoms with Gasteiger partial charge in [-0.15, -0.1) is 11.3 Å². The summed E-state index contributed by atoms with van der Waals surface area (Å²) in [7, 11) is -1.66. The number of ether oxygens (including phenoxy) is 2. The molecule has 1 spiro atoms. The molecule has 4 heterocycles. The molecular formula is C18H28N2O4S2. The fourth-order valence-electron chi connectivity index (χ4n) is 4.55. The molecule has 0 radical (unpaired) electrons. The van der Waals surface area contributed by atoms with Crippen molar-refractivity contribution in [2.45, 2.75) is 37.7 Å². The fourth-order valence-corrected chi connectivity index (χ4v) is 7.15. The quantitative estimate of drug-likeness (QED) is 0.778. The maximum absolute atomic E-state index is 13.1. The van der Waals surface area contributed by atoms with Crippen molar-refractivity contribution in [2.24, 2.45) is 5.92 Å². The highest BCUT2D eigenvalue weighted by molar-refractivity contribution is 7.86. The second-order valence-electron chi connectivity index (χ2n) is 7.55. The summed E-state index contributed by atoms with van der Waals surface area (Å²) in [5, 5.41) is 2.13. The Morgan fingerprint density at radius 1 is 1.23 bits per heavy atom. The summed E-state index contributed by atoms with van der Waals surface area (Å²) in [5.41, 5.74) is 1.02. The van der Waals surface area contributed by atoms with E-state index >= 15 is 0 Å². The number of rotatable bonds is 4. The van der Waals surface area contributed by atoms with Gasteiger partial charge < -0.3 is 9.47 Å². The summed E-state index contributed by atoms with van der Waals surface area (Å²) in [6.45, 7) is 3.74. The zero-order valence-corrected chi connectivity index (χ0v) is 17.0. The van der Waals surface area contributed by atoms with Crippen molar-refractivity contribution in [2.75, 3.05) is 46.5 Å². The van der Waals surface area contributed by atoms with Gasteiger partial charge >= 0.3 is 0 Å². The Labute approximate surface area is 160 Å². The predicted octanol–water partition coefficient (Wildman–Crippen LogP) is 2.22. The first-order valence-corrected chi connectivity index (χ1v) is 11.8. The van der Waals surface area contributed by atoms with Crippen molar-refractivity contribution in [3.8, 4) is 0 Å². The van der Waals surface area contributed by atoms with Gasteiger partial charge in [0.15, 0.2) is 0 Å². The van der Waals surface area contributed by atoms with E-state index in [1.54, 1.807) is 27.1 Å². The second-order valence-corrected chi connectivity index (χ2v) is 10.5. The van der Waals surface area contributed by atoms with E-state index in [0.717, 1.165) is 45.3 Å². The van der Waals surface area contributed by atoms with E-state index < -0.39 is 10.2 Å². The van der Waals surface area contributed by atoms with Crippen LogP contribution >= 0.6 is 11.3 Å². The van der Waals surface area contributed by atoms with Crippen molar-refractivity contribution in [3.63, 3.8) is 0 Å². The van der Waals surface area contributed by atoms with Gasteiger partial charge in [-0.05, 0) is 48.6 Å². The maximum atomic E-state index is 13.1. The summed E-state index contributed by atoms with van der Waals surface area (Å²) in [6, 6.07) is 2.17. The van der Waals surface area contributed by atoms with E-state index in [1.807, 2.05) is 0 Å². The molecule has 3 aliphatic rings. The van der Waals surface area contributed by atoms with Gasteiger partial charge in [0.25, 0.3) is 10.2 Å². The van der Waals surface area contributed by atoms with Crippen LogP contribution in [0.25, 0.3) is 0 Å². The highest BCUT2D eigenvalue weighted by Crippen LogP contribution is 2.43. The lowest BCUT2D eigenvalue weighted by Crippen LogP contribution is -2.53. The molecule has 1 aromatic heterocycles. The Morgan fingerprint density at radius 2 is 1.92 bits per heavy atom. The lowest BCUT2D eigenvalue weighted by Gasteiger charge is -2.44. The van der Waals surface area contributed by atoms with Crippen LogP contribution in [0.15, 0.2) is 11.4 Å². The highest BCUT2D eigenvalue weighted by atomic mass is 32.2. The third-order valence-corrected chi connectivity index (χ3v) is 9.12. The minimum atomic E-state index is -3.37. The molecule has 0 unspecified atom stereocenters. The molecule has 0 amide bonds. The lowest BCUT2D eigenvalue weighted by atomic mass is 9.83. The summed E-state index contributed by atoms with van der Waals surface area (Å²) in [6.07, 6.45) is 4.23. The van der Waals surface area contributed by atoms with Crippen molar-refractivity contribution < 1.29 is 17.9 Å². The van der Waals surface area contributed by atoms with Gasteiger partial charge in [0.1, 0.15) is 0 Å². The molecule has 0 aliphatic carbocycles. The number of hydrogen-bond donors (Lipinski definition) is 0. The zero-order chi connectivity index (χ0) is 18.2. The molecule has 0 N–H and O–H groups in total. The smallest absolute Gasteiger partial charge is 0.281 e. The number of nitrogens with zero attached hydrogens (tertiary/aromatic N) is 2. The maximum Gasteiger partial charge on any atom is 0.281 e. The van der Waals surface area contributed by atoms with Crippen LogP contribution in [-0.2, 0) is 31.7 Å². The van der Waals surface area contributed by atoms with Crippen molar-refractivity contribution >= 4 is 21.5 Å². The molecule has 2 saturated heterocycles. The van der Waals surface area contributed by atoms with Gasteiger partial charge in [-0.1, -0.05) is 0 Å². The molecule has 4 rings (SSSR count). The van der Waals surface area contributed by atoms with E-state index in [0.29, 0.717) is 32.1 Å². The molecule has 26 heavy (non-hydrogen) atoms. The van der Waals surface area contributed by atoms with E-state index in [2.05, 4.69) is 11.4 Å². The Bertz CT molecular complexity index is 717. The summed E-state index contributed by atoms with van der Waals surface area (Å²) >= 11 is 1.80. The van der Waals surface area contributed by atoms with E-state index in [1.165, 1.54) is 10.4 Å². The van der Waals surface area contributed by atoms with Crippen LogP contribution in [0.5, 0.6) is 0 Å². The van der Waals surface area contributed by atoms with E-state index in [9.17, 15) is 8.42 Å². The first-order valence-electron chi connectivity index (χ1n) is 9.50. The minimum Gasteiger partial charge on any atom is -0.384 e. The molecule has 0 aromatic carbocycles. The largest absolute Gasteiger partial charge is 0.384 e. The van der Waals surface area contributed by atoms with Crippen LogP contribution in [0.4, 0.5) is 0 Å². The highest BCUT2D eigenvalue weighted by Gasteiger charge is 2.44. The first-order chi connectivity index (χ1) is 12.5. The van der Waals surface area contributed by atoms with Crippen molar-refractivity contribution in [3.05, 3.63) is 21.9 Å². The number of hydrogen-bond acceptors (Lipinski definition) is 5. The zero-order valence-electron chi connectivity index (χ0n) is 15.4. The summed E-state index contributed by atoms with van der Waals surface area (Å²) in [5.74, 6) is 0.476. The standard InChI is InChI=1S/C18H28N2O4S2/c1-23-14-15-2-8-19(9-3-15)26(21,22)20-10-6-18(7-11-20)16-5-13-25-17(16)4-12-24-18/h5,13,15H,2-4,6-12,14H2,1H3. The molecule has 1 aromatic rings. The average molecular weight is 401 g/mol. The SMILES string of the molecule is COCC1CCN(S(=O)(=O)N2CCC3(CC2)OCCc2sccc23)CC1. The van der Waals surface area contributed by atoms with Crippen LogP contribution in [0.1, 0.15) is 36.1 Å². The van der Waals surface area contributed by atoms with Crippen LogP contribution in [-0.4, -0.2) is 63.5 Å². The Balaban J connectivity index is 1.41. The average Bonchev–Trinajstić information content (AvgIpc) is 3.14. The fraction of sp³-hybridized carbons (Fsp3) is 0.778. The van der Waals surface area contributed by atoms with Gasteiger partial charge in [-0.25, -0.2) is 0 Å². The molecule has 0 saturated carbocycles. The number of thiophene rings is 1. The summed E-state index contributed by atoms with van der Waals surface area (Å²) < 4.78 is 40.8. The van der Waals surface area contributed by atoms with Crippen LogP contribution in [0, 0.1) is 5.92 Å². The van der Waals surface area contributed by atoms with Gasteiger partial charge in [0, 0.05) is 51.2 Å². The molecule has 3 aliphatic heterocycles. The van der Waals surface area contributed by atoms with Gasteiger partial charge in [-0.2, -0.15) is 17.0 Å². The van der Waals surface area contributed by atoms with E-state index in [-0.39, 0.29) is 5.60 Å². The van der Waals surface area contributed by atoms with Crippen LogP contribution in [0.3, 0.4) is 0 Å². The van der Waals surface area contributed by atoms with Gasteiger partial charge in [0.2, 0.25) is 0 Å². The normalized spacial score (nSPS) is 25.4. The third kappa shape index (κ3) is 3.36. The molecule has 8 heteroatoms. The predicted molar refractivity (Wildman–Crippen MR) is 102 cm³/mol. The first kappa shape index (κ1) is 18.8. The van der Waals surface area contributed by atoms with Crippen LogP contribution in [0.2, 0.25) is 0 Å². The molecule has 146 valence electrons. The molecule has 0 bridgehead atoms. The minimum absolute atomic E-state index is 0.273. The van der Waals surface area contributed by atoms with Crippen molar-refractivity contribution in [1.29, 1.82) is 0 Å². The number of methoxy groups -OCH3 is 1. The van der Waals surface area contributed by atoms with Gasteiger partial charge in [-0.3, -0.25) is 0 Å². The molecule has 0 atom stereocenters. The number of piperidine rings is 2. The molecule has 2 fully saturated rings. The van der Waals surface area contributed by atoms with Gasteiger partial charge in [0.05, 0.1) is 12.2 Å². The lowest BCUT2D eigenvalue weighted by molar-refractivity contribution is -0.0887. The molecule has 6 nitrogen and oxygen atoms in total. The van der Waals surface area contributed by atoms with Crippen LogP contribution < -0.4 is 0 Å². The summed E-state index contributed by atoms with van der Waals surface area (Å²) in [4.78, 5) is 1.41. The number of fused-ring (bicyclic) bond motifs is 2. The Hall–Kier alpha value is -0.510. The second kappa shape index (κ2) is 7.48. The molecular weight excluding hydrogens is 372 g/mol. The Kier molecular flexibility index (Phi) is 5.42. The van der Waals surface area contributed by atoms with E-state index in [4.69, 9.17) is 9.47 Å². The Morgan fingerprint density at radius 3 is 2.62 bits per heavy atom. The topological polar surface area (TPSA) is 59.1 Å². The third-order valence-electron chi connectivity index (χ3n) is 6.10.